The molecule has 0 unspecified atom stereocenters. The molecule has 168 valence electrons. The Morgan fingerprint density at radius 2 is 1.70 bits per heavy atom. The first-order valence-electron chi connectivity index (χ1n) is 10.8. The molecular formula is C27H25NO5. The molecule has 0 aromatic heterocycles. The SMILES string of the molecule is CCOc1cc(/C=C2/N=C(c3ccccc3)OC2=O)ccc1OCCOc1cccc(C)c1. The fourth-order valence-corrected chi connectivity index (χ4v) is 3.29. The van der Waals surface area contributed by atoms with Crippen molar-refractivity contribution in [2.75, 3.05) is 19.8 Å². The molecule has 1 aliphatic rings. The second kappa shape index (κ2) is 10.5. The van der Waals surface area contributed by atoms with Gasteiger partial charge < -0.3 is 18.9 Å². The average Bonchev–Trinajstić information content (AvgIpc) is 3.19. The first-order chi connectivity index (χ1) is 16.1. The number of esters is 1. The number of hydrogen-bond donors (Lipinski definition) is 0. The van der Waals surface area contributed by atoms with Crippen molar-refractivity contribution >= 4 is 17.9 Å². The van der Waals surface area contributed by atoms with Gasteiger partial charge in [-0.15, -0.1) is 0 Å². The molecule has 6 nitrogen and oxygen atoms in total. The summed E-state index contributed by atoms with van der Waals surface area (Å²) < 4.78 is 22.7. The summed E-state index contributed by atoms with van der Waals surface area (Å²) in [5, 5.41) is 0. The van der Waals surface area contributed by atoms with Gasteiger partial charge in [0.15, 0.2) is 17.2 Å². The lowest BCUT2D eigenvalue weighted by molar-refractivity contribution is -0.129. The van der Waals surface area contributed by atoms with E-state index in [9.17, 15) is 4.79 Å². The predicted octanol–water partition coefficient (Wildman–Crippen LogP) is 5.20. The molecule has 0 saturated carbocycles. The molecule has 0 bridgehead atoms. The molecule has 1 aliphatic heterocycles. The number of carbonyl (C=O) groups excluding carboxylic acids is 1. The van der Waals surface area contributed by atoms with Crippen molar-refractivity contribution in [3.05, 3.63) is 95.2 Å². The topological polar surface area (TPSA) is 66.4 Å². The number of aliphatic imine (C=N–C) groups is 1. The summed E-state index contributed by atoms with van der Waals surface area (Å²) in [7, 11) is 0. The Morgan fingerprint density at radius 1 is 0.879 bits per heavy atom. The van der Waals surface area contributed by atoms with Crippen molar-refractivity contribution in [1.82, 2.24) is 0 Å². The molecule has 0 fully saturated rings. The average molecular weight is 443 g/mol. The van der Waals surface area contributed by atoms with Gasteiger partial charge in [-0.2, -0.15) is 0 Å². The highest BCUT2D eigenvalue weighted by atomic mass is 16.6. The maximum absolute atomic E-state index is 12.3. The molecule has 0 atom stereocenters. The van der Waals surface area contributed by atoms with Crippen LogP contribution in [-0.2, 0) is 9.53 Å². The molecule has 0 amide bonds. The van der Waals surface area contributed by atoms with Crippen molar-refractivity contribution in [2.45, 2.75) is 13.8 Å². The van der Waals surface area contributed by atoms with Gasteiger partial charge in [0.25, 0.3) is 0 Å². The van der Waals surface area contributed by atoms with Gasteiger partial charge in [-0.05, 0) is 67.4 Å². The van der Waals surface area contributed by atoms with E-state index in [0.717, 1.165) is 22.4 Å². The Balaban J connectivity index is 1.44. The standard InChI is InChI=1S/C27H25NO5/c1-3-30-25-18-20(17-23-27(29)33-26(28-23)21-9-5-4-6-10-21)12-13-24(25)32-15-14-31-22-11-7-8-19(2)16-22/h4-13,16-18H,3,14-15H2,1-2H3/b23-17+. The summed E-state index contributed by atoms with van der Waals surface area (Å²) in [5.41, 5.74) is 2.88. The van der Waals surface area contributed by atoms with Crippen molar-refractivity contribution in [2.24, 2.45) is 4.99 Å². The fraction of sp³-hybridized carbons (Fsp3) is 0.185. The third-order valence-corrected chi connectivity index (χ3v) is 4.81. The number of rotatable bonds is 9. The van der Waals surface area contributed by atoms with Gasteiger partial charge in [0, 0.05) is 5.56 Å². The van der Waals surface area contributed by atoms with Gasteiger partial charge in [0.1, 0.15) is 19.0 Å². The molecule has 0 radical (unpaired) electrons. The smallest absolute Gasteiger partial charge is 0.363 e. The van der Waals surface area contributed by atoms with Crippen LogP contribution in [0.1, 0.15) is 23.6 Å². The molecule has 4 rings (SSSR count). The van der Waals surface area contributed by atoms with Gasteiger partial charge >= 0.3 is 5.97 Å². The summed E-state index contributed by atoms with van der Waals surface area (Å²) in [5.74, 6) is 1.81. The zero-order valence-electron chi connectivity index (χ0n) is 18.6. The lowest BCUT2D eigenvalue weighted by Gasteiger charge is -2.13. The number of cyclic esters (lactones) is 1. The van der Waals surface area contributed by atoms with E-state index in [1.54, 1.807) is 6.08 Å². The Hall–Kier alpha value is -4.06. The Morgan fingerprint density at radius 3 is 2.48 bits per heavy atom. The van der Waals surface area contributed by atoms with Crippen LogP contribution in [0.2, 0.25) is 0 Å². The normalized spacial score (nSPS) is 14.1. The molecule has 1 heterocycles. The lowest BCUT2D eigenvalue weighted by Crippen LogP contribution is -2.10. The van der Waals surface area contributed by atoms with Crippen LogP contribution >= 0.6 is 0 Å². The molecule has 6 heteroatoms. The van der Waals surface area contributed by atoms with E-state index in [2.05, 4.69) is 4.99 Å². The predicted molar refractivity (Wildman–Crippen MR) is 127 cm³/mol. The summed E-state index contributed by atoms with van der Waals surface area (Å²) >= 11 is 0. The zero-order chi connectivity index (χ0) is 23.0. The Labute approximate surface area is 193 Å². The summed E-state index contributed by atoms with van der Waals surface area (Å²) in [6.45, 7) is 5.18. The molecular weight excluding hydrogens is 418 g/mol. The van der Waals surface area contributed by atoms with Crippen molar-refractivity contribution in [3.8, 4) is 17.2 Å². The molecule has 3 aromatic rings. The van der Waals surface area contributed by atoms with Crippen molar-refractivity contribution < 1.29 is 23.7 Å². The first kappa shape index (κ1) is 22.1. The quantitative estimate of drug-likeness (QED) is 0.258. The number of ether oxygens (including phenoxy) is 4. The van der Waals surface area contributed by atoms with E-state index in [1.807, 2.05) is 86.6 Å². The fourth-order valence-electron chi connectivity index (χ4n) is 3.29. The zero-order valence-corrected chi connectivity index (χ0v) is 18.6. The van der Waals surface area contributed by atoms with Crippen molar-refractivity contribution in [1.29, 1.82) is 0 Å². The number of nitrogens with zero attached hydrogens (tertiary/aromatic N) is 1. The third-order valence-electron chi connectivity index (χ3n) is 4.81. The van der Waals surface area contributed by atoms with Crippen LogP contribution in [0.15, 0.2) is 83.5 Å². The van der Waals surface area contributed by atoms with Crippen LogP contribution in [0.25, 0.3) is 6.08 Å². The van der Waals surface area contributed by atoms with E-state index < -0.39 is 5.97 Å². The molecule has 0 N–H and O–H groups in total. The van der Waals surface area contributed by atoms with Crippen LogP contribution < -0.4 is 14.2 Å². The first-order valence-corrected chi connectivity index (χ1v) is 10.8. The van der Waals surface area contributed by atoms with Crippen LogP contribution in [-0.4, -0.2) is 31.7 Å². The monoisotopic (exact) mass is 443 g/mol. The molecule has 0 saturated heterocycles. The number of hydrogen-bond acceptors (Lipinski definition) is 6. The van der Waals surface area contributed by atoms with Gasteiger partial charge in [-0.25, -0.2) is 9.79 Å². The lowest BCUT2D eigenvalue weighted by atomic mass is 10.1. The minimum absolute atomic E-state index is 0.233. The second-order valence-electron chi connectivity index (χ2n) is 7.35. The Bertz CT molecular complexity index is 1180. The molecule has 33 heavy (non-hydrogen) atoms. The van der Waals surface area contributed by atoms with Crippen LogP contribution in [0.3, 0.4) is 0 Å². The van der Waals surface area contributed by atoms with E-state index in [4.69, 9.17) is 18.9 Å². The Kier molecular flexibility index (Phi) is 7.05. The number of benzene rings is 3. The molecule has 0 aliphatic carbocycles. The highest BCUT2D eigenvalue weighted by molar-refractivity contribution is 6.12. The van der Waals surface area contributed by atoms with E-state index in [0.29, 0.717) is 37.2 Å². The highest BCUT2D eigenvalue weighted by Crippen LogP contribution is 2.30. The van der Waals surface area contributed by atoms with Gasteiger partial charge in [-0.1, -0.05) is 36.4 Å². The minimum Gasteiger partial charge on any atom is -0.490 e. The minimum atomic E-state index is -0.486. The highest BCUT2D eigenvalue weighted by Gasteiger charge is 2.24. The summed E-state index contributed by atoms with van der Waals surface area (Å²) in [6.07, 6.45) is 1.67. The van der Waals surface area contributed by atoms with Crippen LogP contribution in [0.5, 0.6) is 17.2 Å². The maximum Gasteiger partial charge on any atom is 0.363 e. The van der Waals surface area contributed by atoms with Gasteiger partial charge in [0.05, 0.1) is 6.61 Å². The van der Waals surface area contributed by atoms with E-state index in [1.165, 1.54) is 0 Å². The summed E-state index contributed by atoms with van der Waals surface area (Å²) in [4.78, 5) is 16.6. The summed E-state index contributed by atoms with van der Waals surface area (Å²) in [6, 6.07) is 22.7. The van der Waals surface area contributed by atoms with Crippen LogP contribution in [0, 0.1) is 6.92 Å². The molecule has 0 spiro atoms. The largest absolute Gasteiger partial charge is 0.490 e. The van der Waals surface area contributed by atoms with E-state index >= 15 is 0 Å². The second-order valence-corrected chi connectivity index (χ2v) is 7.35. The number of carbonyl (C=O) groups is 1. The molecule has 3 aromatic carbocycles. The van der Waals surface area contributed by atoms with Crippen LogP contribution in [0.4, 0.5) is 0 Å². The van der Waals surface area contributed by atoms with E-state index in [-0.39, 0.29) is 5.70 Å². The third kappa shape index (κ3) is 5.80. The van der Waals surface area contributed by atoms with Gasteiger partial charge in [0.2, 0.25) is 5.90 Å². The maximum atomic E-state index is 12.3. The van der Waals surface area contributed by atoms with Crippen molar-refractivity contribution in [3.63, 3.8) is 0 Å². The number of aryl methyl sites for hydroxylation is 1. The van der Waals surface area contributed by atoms with Gasteiger partial charge in [-0.3, -0.25) is 0 Å².